The van der Waals surface area contributed by atoms with Gasteiger partial charge >= 0.3 is 0 Å². The molecule has 1 fully saturated rings. The SMILES string of the molecule is Nc1ccc(NC2(CO)CCC2)cc1. The Kier molecular flexibility index (Phi) is 2.33. The lowest BCUT2D eigenvalue weighted by atomic mass is 9.77. The second-order valence-electron chi connectivity index (χ2n) is 4.04. The Balaban J connectivity index is 2.06. The number of benzene rings is 1. The minimum Gasteiger partial charge on any atom is -0.399 e. The number of nitrogens with one attached hydrogen (secondary N) is 1. The summed E-state index contributed by atoms with van der Waals surface area (Å²) in [6.45, 7) is 0.206. The molecule has 0 bridgehead atoms. The number of hydrogen-bond acceptors (Lipinski definition) is 3. The zero-order valence-electron chi connectivity index (χ0n) is 8.16. The quantitative estimate of drug-likeness (QED) is 0.637. The van der Waals surface area contributed by atoms with Crippen LogP contribution < -0.4 is 11.1 Å². The zero-order valence-corrected chi connectivity index (χ0v) is 8.16. The summed E-state index contributed by atoms with van der Waals surface area (Å²) in [5.74, 6) is 0. The minimum atomic E-state index is -0.0733. The first-order valence-corrected chi connectivity index (χ1v) is 4.99. The molecule has 0 amide bonds. The Bertz CT molecular complexity index is 298. The molecule has 0 unspecified atom stereocenters. The molecule has 0 radical (unpaired) electrons. The third-order valence-electron chi connectivity index (χ3n) is 2.93. The van der Waals surface area contributed by atoms with E-state index in [1.807, 2.05) is 24.3 Å². The molecular weight excluding hydrogens is 176 g/mol. The van der Waals surface area contributed by atoms with E-state index in [9.17, 15) is 5.11 Å². The first kappa shape index (κ1) is 9.34. The van der Waals surface area contributed by atoms with Crippen molar-refractivity contribution in [3.8, 4) is 0 Å². The maximum Gasteiger partial charge on any atom is 0.0661 e. The third-order valence-corrected chi connectivity index (χ3v) is 2.93. The molecule has 0 saturated heterocycles. The van der Waals surface area contributed by atoms with E-state index in [0.717, 1.165) is 24.2 Å². The van der Waals surface area contributed by atoms with Crippen LogP contribution in [0.5, 0.6) is 0 Å². The van der Waals surface area contributed by atoms with Crippen LogP contribution in [-0.4, -0.2) is 17.3 Å². The summed E-state index contributed by atoms with van der Waals surface area (Å²) in [5, 5.41) is 12.6. The zero-order chi connectivity index (χ0) is 10.0. The van der Waals surface area contributed by atoms with E-state index < -0.39 is 0 Å². The average Bonchev–Trinajstić information content (AvgIpc) is 2.15. The molecule has 3 heteroatoms. The lowest BCUT2D eigenvalue weighted by molar-refractivity contribution is 0.144. The van der Waals surface area contributed by atoms with Crippen LogP contribution in [0.3, 0.4) is 0 Å². The summed E-state index contributed by atoms with van der Waals surface area (Å²) in [4.78, 5) is 0. The normalized spacial score (nSPS) is 18.6. The van der Waals surface area contributed by atoms with Crippen LogP contribution in [0, 0.1) is 0 Å². The fraction of sp³-hybridized carbons (Fsp3) is 0.455. The summed E-state index contributed by atoms with van der Waals surface area (Å²) in [5.41, 5.74) is 7.32. The number of aliphatic hydroxyl groups is 1. The Morgan fingerprint density at radius 2 is 1.93 bits per heavy atom. The van der Waals surface area contributed by atoms with E-state index >= 15 is 0 Å². The molecule has 0 atom stereocenters. The molecular formula is C11H16N2O. The highest BCUT2D eigenvalue weighted by atomic mass is 16.3. The molecule has 3 nitrogen and oxygen atoms in total. The van der Waals surface area contributed by atoms with Gasteiger partial charge in [-0.25, -0.2) is 0 Å². The number of rotatable bonds is 3. The molecule has 1 aliphatic carbocycles. The van der Waals surface area contributed by atoms with Gasteiger partial charge in [0.15, 0.2) is 0 Å². The van der Waals surface area contributed by atoms with Crippen LogP contribution in [0.15, 0.2) is 24.3 Å². The second kappa shape index (κ2) is 3.50. The van der Waals surface area contributed by atoms with Gasteiger partial charge in [0.2, 0.25) is 0 Å². The van der Waals surface area contributed by atoms with Crippen LogP contribution in [0.4, 0.5) is 11.4 Å². The summed E-state index contributed by atoms with van der Waals surface area (Å²) in [7, 11) is 0. The molecule has 1 aromatic carbocycles. The van der Waals surface area contributed by atoms with E-state index in [1.165, 1.54) is 6.42 Å². The van der Waals surface area contributed by atoms with Gasteiger partial charge in [0.05, 0.1) is 12.1 Å². The molecule has 1 aromatic rings. The lowest BCUT2D eigenvalue weighted by Crippen LogP contribution is -2.48. The maximum atomic E-state index is 9.27. The van der Waals surface area contributed by atoms with Crippen LogP contribution in [-0.2, 0) is 0 Å². The van der Waals surface area contributed by atoms with E-state index in [0.29, 0.717) is 0 Å². The van der Waals surface area contributed by atoms with Crippen molar-refractivity contribution >= 4 is 11.4 Å². The number of hydrogen-bond donors (Lipinski definition) is 3. The molecule has 0 spiro atoms. The van der Waals surface area contributed by atoms with Crippen LogP contribution in [0.1, 0.15) is 19.3 Å². The predicted molar refractivity (Wildman–Crippen MR) is 58.1 cm³/mol. The smallest absolute Gasteiger partial charge is 0.0661 e. The lowest BCUT2D eigenvalue weighted by Gasteiger charge is -2.41. The number of aliphatic hydroxyl groups excluding tert-OH is 1. The summed E-state index contributed by atoms with van der Waals surface area (Å²) < 4.78 is 0. The molecule has 4 N–H and O–H groups in total. The summed E-state index contributed by atoms with van der Waals surface area (Å²) in [6.07, 6.45) is 3.30. The Morgan fingerprint density at radius 1 is 1.29 bits per heavy atom. The van der Waals surface area contributed by atoms with E-state index in [-0.39, 0.29) is 12.1 Å². The fourth-order valence-corrected chi connectivity index (χ4v) is 1.80. The molecule has 1 saturated carbocycles. The van der Waals surface area contributed by atoms with Gasteiger partial charge < -0.3 is 16.2 Å². The van der Waals surface area contributed by atoms with Gasteiger partial charge in [0.25, 0.3) is 0 Å². The monoisotopic (exact) mass is 192 g/mol. The minimum absolute atomic E-state index is 0.0733. The van der Waals surface area contributed by atoms with Crippen LogP contribution in [0.2, 0.25) is 0 Å². The Morgan fingerprint density at radius 3 is 2.36 bits per heavy atom. The number of anilines is 2. The van der Waals surface area contributed by atoms with Crippen molar-refractivity contribution < 1.29 is 5.11 Å². The highest BCUT2D eigenvalue weighted by Crippen LogP contribution is 2.34. The van der Waals surface area contributed by atoms with E-state index in [4.69, 9.17) is 5.73 Å². The highest BCUT2D eigenvalue weighted by molar-refractivity contribution is 5.52. The summed E-state index contributed by atoms with van der Waals surface area (Å²) in [6, 6.07) is 7.63. The molecule has 14 heavy (non-hydrogen) atoms. The molecule has 0 aromatic heterocycles. The molecule has 76 valence electrons. The van der Waals surface area contributed by atoms with Gasteiger partial charge in [0.1, 0.15) is 0 Å². The van der Waals surface area contributed by atoms with Gasteiger partial charge in [-0.2, -0.15) is 0 Å². The van der Waals surface area contributed by atoms with Crippen molar-refractivity contribution in [1.82, 2.24) is 0 Å². The van der Waals surface area contributed by atoms with Crippen molar-refractivity contribution in [1.29, 1.82) is 0 Å². The molecule has 2 rings (SSSR count). The predicted octanol–water partition coefficient (Wildman–Crippen LogP) is 1.60. The third kappa shape index (κ3) is 1.68. The van der Waals surface area contributed by atoms with E-state index in [2.05, 4.69) is 5.32 Å². The molecule has 0 aliphatic heterocycles. The highest BCUT2D eigenvalue weighted by Gasteiger charge is 2.35. The van der Waals surface area contributed by atoms with Gasteiger partial charge in [-0.1, -0.05) is 0 Å². The van der Waals surface area contributed by atoms with Crippen molar-refractivity contribution in [3.05, 3.63) is 24.3 Å². The van der Waals surface area contributed by atoms with Crippen molar-refractivity contribution in [2.75, 3.05) is 17.7 Å². The van der Waals surface area contributed by atoms with Gasteiger partial charge in [-0.05, 0) is 43.5 Å². The van der Waals surface area contributed by atoms with Crippen LogP contribution in [0.25, 0.3) is 0 Å². The van der Waals surface area contributed by atoms with Crippen molar-refractivity contribution in [3.63, 3.8) is 0 Å². The number of nitrogen functional groups attached to an aromatic ring is 1. The summed E-state index contributed by atoms with van der Waals surface area (Å²) >= 11 is 0. The van der Waals surface area contributed by atoms with Gasteiger partial charge in [0, 0.05) is 11.4 Å². The van der Waals surface area contributed by atoms with Crippen molar-refractivity contribution in [2.24, 2.45) is 0 Å². The topological polar surface area (TPSA) is 58.3 Å². The van der Waals surface area contributed by atoms with Crippen molar-refractivity contribution in [2.45, 2.75) is 24.8 Å². The maximum absolute atomic E-state index is 9.27. The van der Waals surface area contributed by atoms with Gasteiger partial charge in [-0.15, -0.1) is 0 Å². The Labute approximate surface area is 83.9 Å². The first-order chi connectivity index (χ1) is 6.74. The van der Waals surface area contributed by atoms with Gasteiger partial charge in [-0.3, -0.25) is 0 Å². The number of nitrogens with two attached hydrogens (primary N) is 1. The average molecular weight is 192 g/mol. The van der Waals surface area contributed by atoms with E-state index in [1.54, 1.807) is 0 Å². The standard InChI is InChI=1S/C11H16N2O/c12-9-2-4-10(5-3-9)13-11(8-14)6-1-7-11/h2-5,13-14H,1,6-8,12H2. The first-order valence-electron chi connectivity index (χ1n) is 4.99. The molecule has 1 aliphatic rings. The second-order valence-corrected chi connectivity index (χ2v) is 4.04. The fourth-order valence-electron chi connectivity index (χ4n) is 1.80. The largest absolute Gasteiger partial charge is 0.399 e. The molecule has 0 heterocycles. The Hall–Kier alpha value is -1.22. The van der Waals surface area contributed by atoms with Crippen LogP contribution >= 0.6 is 0 Å².